The van der Waals surface area contributed by atoms with Gasteiger partial charge in [-0.1, -0.05) is 20.8 Å². The van der Waals surface area contributed by atoms with Crippen LogP contribution in [0.5, 0.6) is 0 Å². The molecule has 0 amide bonds. The van der Waals surface area contributed by atoms with Gasteiger partial charge < -0.3 is 10.2 Å². The summed E-state index contributed by atoms with van der Waals surface area (Å²) in [6.45, 7) is 15.1. The van der Waals surface area contributed by atoms with Gasteiger partial charge in [0.15, 0.2) is 0 Å². The average molecular weight is 263 g/mol. The molecule has 0 bridgehead atoms. The van der Waals surface area contributed by atoms with Crippen molar-refractivity contribution in [2.24, 2.45) is 0 Å². The van der Waals surface area contributed by atoms with E-state index < -0.39 is 0 Å². The van der Waals surface area contributed by atoms with E-state index in [0.717, 1.165) is 31.0 Å². The summed E-state index contributed by atoms with van der Waals surface area (Å²) >= 11 is 0. The molecule has 0 spiro atoms. The van der Waals surface area contributed by atoms with E-state index in [4.69, 9.17) is 4.98 Å². The highest BCUT2D eigenvalue weighted by atomic mass is 15.2. The SMILES string of the molecule is CCCN(c1cc(CNC(C)C)cc(C)n1)C(C)C. The number of aromatic nitrogens is 1. The standard InChI is InChI=1S/C16H29N3/c1-7-8-19(13(4)5)16-10-15(9-14(6)18-16)11-17-12(2)3/h9-10,12-13,17H,7-8,11H2,1-6H3. The van der Waals surface area contributed by atoms with Crippen LogP contribution in [-0.2, 0) is 6.54 Å². The van der Waals surface area contributed by atoms with Crippen LogP contribution < -0.4 is 10.2 Å². The van der Waals surface area contributed by atoms with Crippen LogP contribution in [-0.4, -0.2) is 23.6 Å². The van der Waals surface area contributed by atoms with Crippen molar-refractivity contribution in [3.05, 3.63) is 23.4 Å². The van der Waals surface area contributed by atoms with E-state index in [2.05, 4.69) is 63.9 Å². The van der Waals surface area contributed by atoms with Gasteiger partial charge in [0.05, 0.1) is 0 Å². The number of pyridine rings is 1. The van der Waals surface area contributed by atoms with Crippen LogP contribution in [0.2, 0.25) is 0 Å². The molecular formula is C16H29N3. The largest absolute Gasteiger partial charge is 0.354 e. The normalized spacial score (nSPS) is 11.4. The first-order valence-corrected chi connectivity index (χ1v) is 7.41. The third-order valence-electron chi connectivity index (χ3n) is 3.10. The van der Waals surface area contributed by atoms with Crippen molar-refractivity contribution in [2.75, 3.05) is 11.4 Å². The summed E-state index contributed by atoms with van der Waals surface area (Å²) in [6, 6.07) is 5.38. The minimum atomic E-state index is 0.486. The average Bonchev–Trinajstić information content (AvgIpc) is 2.32. The van der Waals surface area contributed by atoms with Crippen LogP contribution in [0.15, 0.2) is 12.1 Å². The van der Waals surface area contributed by atoms with Crippen molar-refractivity contribution in [1.82, 2.24) is 10.3 Å². The zero-order chi connectivity index (χ0) is 14.4. The summed E-state index contributed by atoms with van der Waals surface area (Å²) < 4.78 is 0. The minimum Gasteiger partial charge on any atom is -0.354 e. The predicted octanol–water partition coefficient (Wildman–Crippen LogP) is 3.51. The lowest BCUT2D eigenvalue weighted by atomic mass is 10.2. The van der Waals surface area contributed by atoms with E-state index in [9.17, 15) is 0 Å². The number of nitrogens with zero attached hydrogens (tertiary/aromatic N) is 2. The molecule has 3 nitrogen and oxygen atoms in total. The highest BCUT2D eigenvalue weighted by Gasteiger charge is 2.12. The van der Waals surface area contributed by atoms with Gasteiger partial charge >= 0.3 is 0 Å². The van der Waals surface area contributed by atoms with Gasteiger partial charge in [0.25, 0.3) is 0 Å². The van der Waals surface area contributed by atoms with Gasteiger partial charge in [-0.2, -0.15) is 0 Å². The first-order chi connectivity index (χ1) is 8.93. The van der Waals surface area contributed by atoms with Crippen LogP contribution in [0.3, 0.4) is 0 Å². The third kappa shape index (κ3) is 5.19. The summed E-state index contributed by atoms with van der Waals surface area (Å²) in [5, 5.41) is 3.47. The molecule has 0 fully saturated rings. The molecule has 108 valence electrons. The van der Waals surface area contributed by atoms with Crippen LogP contribution >= 0.6 is 0 Å². The maximum atomic E-state index is 4.70. The molecule has 1 aromatic heterocycles. The summed E-state index contributed by atoms with van der Waals surface area (Å²) in [7, 11) is 0. The van der Waals surface area contributed by atoms with Gasteiger partial charge in [0.2, 0.25) is 0 Å². The van der Waals surface area contributed by atoms with Crippen molar-refractivity contribution in [3.63, 3.8) is 0 Å². The molecule has 0 saturated heterocycles. The van der Waals surface area contributed by atoms with Gasteiger partial charge in [-0.15, -0.1) is 0 Å². The summed E-state index contributed by atoms with van der Waals surface area (Å²) in [6.07, 6.45) is 1.15. The van der Waals surface area contributed by atoms with E-state index in [1.54, 1.807) is 0 Å². The number of anilines is 1. The molecule has 3 heteroatoms. The number of rotatable bonds is 7. The number of nitrogens with one attached hydrogen (secondary N) is 1. The van der Waals surface area contributed by atoms with E-state index in [-0.39, 0.29) is 0 Å². The maximum Gasteiger partial charge on any atom is 0.129 e. The second-order valence-corrected chi connectivity index (χ2v) is 5.80. The molecule has 1 heterocycles. The lowest BCUT2D eigenvalue weighted by molar-refractivity contribution is 0.587. The maximum absolute atomic E-state index is 4.70. The Labute approximate surface area is 118 Å². The molecule has 1 rings (SSSR count). The van der Waals surface area contributed by atoms with Gasteiger partial charge in [0.1, 0.15) is 5.82 Å². The number of aryl methyl sites for hydroxylation is 1. The van der Waals surface area contributed by atoms with Crippen molar-refractivity contribution < 1.29 is 0 Å². The van der Waals surface area contributed by atoms with Gasteiger partial charge in [-0.05, 0) is 44.9 Å². The molecule has 0 aliphatic rings. The number of hydrogen-bond donors (Lipinski definition) is 1. The molecule has 0 saturated carbocycles. The fourth-order valence-corrected chi connectivity index (χ4v) is 2.17. The van der Waals surface area contributed by atoms with E-state index in [0.29, 0.717) is 12.1 Å². The number of hydrogen-bond acceptors (Lipinski definition) is 3. The van der Waals surface area contributed by atoms with Crippen molar-refractivity contribution in [1.29, 1.82) is 0 Å². The summed E-state index contributed by atoms with van der Waals surface area (Å²) in [5.41, 5.74) is 2.41. The van der Waals surface area contributed by atoms with Gasteiger partial charge in [-0.3, -0.25) is 0 Å². The monoisotopic (exact) mass is 263 g/mol. The minimum absolute atomic E-state index is 0.486. The predicted molar refractivity (Wildman–Crippen MR) is 83.7 cm³/mol. The van der Waals surface area contributed by atoms with Crippen LogP contribution in [0.25, 0.3) is 0 Å². The second-order valence-electron chi connectivity index (χ2n) is 5.80. The molecule has 1 N–H and O–H groups in total. The zero-order valence-corrected chi connectivity index (χ0v) is 13.3. The van der Waals surface area contributed by atoms with Gasteiger partial charge in [0, 0.05) is 30.9 Å². The van der Waals surface area contributed by atoms with Gasteiger partial charge in [-0.25, -0.2) is 4.98 Å². The summed E-state index contributed by atoms with van der Waals surface area (Å²) in [5.74, 6) is 1.11. The Morgan fingerprint density at radius 2 is 1.89 bits per heavy atom. The molecule has 0 aliphatic carbocycles. The molecule has 0 unspecified atom stereocenters. The third-order valence-corrected chi connectivity index (χ3v) is 3.10. The lowest BCUT2D eigenvalue weighted by Crippen LogP contribution is -2.32. The Balaban J connectivity index is 2.93. The van der Waals surface area contributed by atoms with Crippen LogP contribution in [0.4, 0.5) is 5.82 Å². The topological polar surface area (TPSA) is 28.2 Å². The molecule has 0 atom stereocenters. The Kier molecular flexibility index (Phi) is 6.29. The quantitative estimate of drug-likeness (QED) is 0.816. The molecule has 0 aliphatic heterocycles. The van der Waals surface area contributed by atoms with E-state index >= 15 is 0 Å². The Morgan fingerprint density at radius 3 is 2.42 bits per heavy atom. The van der Waals surface area contributed by atoms with Crippen molar-refractivity contribution >= 4 is 5.82 Å². The second kappa shape index (κ2) is 7.49. The smallest absolute Gasteiger partial charge is 0.129 e. The molecule has 1 aromatic rings. The van der Waals surface area contributed by atoms with Crippen molar-refractivity contribution in [2.45, 2.75) is 66.6 Å². The van der Waals surface area contributed by atoms with Crippen LogP contribution in [0, 0.1) is 6.92 Å². The molecular weight excluding hydrogens is 234 g/mol. The van der Waals surface area contributed by atoms with Crippen LogP contribution in [0.1, 0.15) is 52.3 Å². The van der Waals surface area contributed by atoms with Crippen molar-refractivity contribution in [3.8, 4) is 0 Å². The summed E-state index contributed by atoms with van der Waals surface area (Å²) in [4.78, 5) is 7.08. The highest BCUT2D eigenvalue weighted by molar-refractivity contribution is 5.43. The Morgan fingerprint density at radius 1 is 1.21 bits per heavy atom. The van der Waals surface area contributed by atoms with E-state index in [1.807, 2.05) is 0 Å². The highest BCUT2D eigenvalue weighted by Crippen LogP contribution is 2.18. The first-order valence-electron chi connectivity index (χ1n) is 7.41. The fraction of sp³-hybridized carbons (Fsp3) is 0.688. The Hall–Kier alpha value is -1.09. The first kappa shape index (κ1) is 16.0. The fourth-order valence-electron chi connectivity index (χ4n) is 2.17. The lowest BCUT2D eigenvalue weighted by Gasteiger charge is -2.28. The zero-order valence-electron chi connectivity index (χ0n) is 13.3. The van der Waals surface area contributed by atoms with E-state index in [1.165, 1.54) is 5.56 Å². The molecule has 0 aromatic carbocycles. The molecule has 19 heavy (non-hydrogen) atoms. The Bertz CT molecular complexity index is 386. The molecule has 0 radical (unpaired) electrons.